The van der Waals surface area contributed by atoms with Crippen LogP contribution in [0.15, 0.2) is 18.2 Å². The molecule has 0 aromatic heterocycles. The highest BCUT2D eigenvalue weighted by atomic mass is 15.2. The minimum absolute atomic E-state index is 0.203. The second-order valence-corrected chi connectivity index (χ2v) is 5.93. The molecular weight excluding hydrogens is 220 g/mol. The summed E-state index contributed by atoms with van der Waals surface area (Å²) in [7, 11) is 4.22. The van der Waals surface area contributed by atoms with Crippen LogP contribution in [0.25, 0.3) is 0 Å². The average Bonchev–Trinajstić information content (AvgIpc) is 2.30. The van der Waals surface area contributed by atoms with Crippen LogP contribution in [0.4, 0.5) is 0 Å². The summed E-state index contributed by atoms with van der Waals surface area (Å²) in [6, 6.07) is 6.79. The van der Waals surface area contributed by atoms with Crippen LogP contribution < -0.4 is 5.32 Å². The number of aryl methyl sites for hydroxylation is 2. The molecule has 0 aliphatic heterocycles. The molecule has 1 aromatic carbocycles. The molecule has 0 aliphatic carbocycles. The Bertz CT molecular complexity index is 383. The Hall–Kier alpha value is -0.860. The lowest BCUT2D eigenvalue weighted by molar-refractivity contribution is 0.157. The van der Waals surface area contributed by atoms with E-state index in [1.165, 1.54) is 16.7 Å². The van der Waals surface area contributed by atoms with Crippen molar-refractivity contribution in [3.05, 3.63) is 34.9 Å². The van der Waals surface area contributed by atoms with Gasteiger partial charge in [-0.05, 0) is 64.9 Å². The molecule has 0 aliphatic rings. The van der Waals surface area contributed by atoms with E-state index < -0.39 is 0 Å². The SMILES string of the molecule is CNCC(C)(C)N(C)CCc1ccc(C)c(C)c1. The summed E-state index contributed by atoms with van der Waals surface area (Å²) in [5, 5.41) is 3.26. The van der Waals surface area contributed by atoms with Gasteiger partial charge in [-0.25, -0.2) is 0 Å². The highest BCUT2D eigenvalue weighted by molar-refractivity contribution is 5.30. The standard InChI is InChI=1S/C16H28N2/c1-13-7-8-15(11-14(13)2)9-10-18(6)16(3,4)12-17-5/h7-8,11,17H,9-10,12H2,1-6H3. The first-order valence-corrected chi connectivity index (χ1v) is 6.79. The quantitative estimate of drug-likeness (QED) is 0.833. The van der Waals surface area contributed by atoms with Crippen molar-refractivity contribution in [3.8, 4) is 0 Å². The molecule has 0 heterocycles. The van der Waals surface area contributed by atoms with Crippen LogP contribution in [0.2, 0.25) is 0 Å². The molecule has 2 heteroatoms. The second-order valence-electron chi connectivity index (χ2n) is 5.93. The Kier molecular flexibility index (Phi) is 5.36. The van der Waals surface area contributed by atoms with Gasteiger partial charge < -0.3 is 5.32 Å². The van der Waals surface area contributed by atoms with Crippen molar-refractivity contribution in [1.82, 2.24) is 10.2 Å². The Labute approximate surface area is 112 Å². The van der Waals surface area contributed by atoms with Gasteiger partial charge in [-0.1, -0.05) is 18.2 Å². The molecule has 1 rings (SSSR count). The van der Waals surface area contributed by atoms with Crippen molar-refractivity contribution >= 4 is 0 Å². The number of nitrogens with zero attached hydrogens (tertiary/aromatic N) is 1. The first kappa shape index (κ1) is 15.2. The summed E-state index contributed by atoms with van der Waals surface area (Å²) in [6.07, 6.45) is 1.12. The van der Waals surface area contributed by atoms with E-state index in [1.54, 1.807) is 0 Å². The van der Waals surface area contributed by atoms with E-state index in [2.05, 4.69) is 63.2 Å². The lowest BCUT2D eigenvalue weighted by Gasteiger charge is -2.35. The monoisotopic (exact) mass is 248 g/mol. The highest BCUT2D eigenvalue weighted by Gasteiger charge is 2.21. The van der Waals surface area contributed by atoms with Crippen LogP contribution in [0.3, 0.4) is 0 Å². The molecule has 0 radical (unpaired) electrons. The van der Waals surface area contributed by atoms with Crippen LogP contribution >= 0.6 is 0 Å². The fraction of sp³-hybridized carbons (Fsp3) is 0.625. The predicted molar refractivity (Wildman–Crippen MR) is 80.3 cm³/mol. The van der Waals surface area contributed by atoms with E-state index in [0.717, 1.165) is 19.5 Å². The van der Waals surface area contributed by atoms with E-state index in [0.29, 0.717) is 0 Å². The largest absolute Gasteiger partial charge is 0.318 e. The Morgan fingerprint density at radius 3 is 2.39 bits per heavy atom. The molecule has 0 saturated heterocycles. The molecule has 0 unspecified atom stereocenters. The van der Waals surface area contributed by atoms with Crippen molar-refractivity contribution < 1.29 is 0 Å². The predicted octanol–water partition coefficient (Wildman–Crippen LogP) is 2.78. The van der Waals surface area contributed by atoms with E-state index in [9.17, 15) is 0 Å². The Morgan fingerprint density at radius 2 is 1.83 bits per heavy atom. The zero-order valence-electron chi connectivity index (χ0n) is 12.8. The van der Waals surface area contributed by atoms with Gasteiger partial charge in [-0.15, -0.1) is 0 Å². The first-order chi connectivity index (χ1) is 8.36. The maximum Gasteiger partial charge on any atom is 0.0274 e. The molecule has 1 aromatic rings. The molecule has 102 valence electrons. The maximum atomic E-state index is 3.26. The van der Waals surface area contributed by atoms with Gasteiger partial charge in [0.25, 0.3) is 0 Å². The summed E-state index contributed by atoms with van der Waals surface area (Å²) in [6.45, 7) is 11.0. The Balaban J connectivity index is 2.56. The molecule has 0 fully saturated rings. The fourth-order valence-corrected chi connectivity index (χ4v) is 2.13. The third kappa shape index (κ3) is 4.11. The van der Waals surface area contributed by atoms with E-state index in [4.69, 9.17) is 0 Å². The summed E-state index contributed by atoms with van der Waals surface area (Å²) >= 11 is 0. The summed E-state index contributed by atoms with van der Waals surface area (Å²) < 4.78 is 0. The van der Waals surface area contributed by atoms with Gasteiger partial charge in [-0.3, -0.25) is 4.90 Å². The Morgan fingerprint density at radius 1 is 1.17 bits per heavy atom. The minimum Gasteiger partial charge on any atom is -0.318 e. The first-order valence-electron chi connectivity index (χ1n) is 6.79. The molecule has 1 N–H and O–H groups in total. The van der Waals surface area contributed by atoms with Gasteiger partial charge in [0.1, 0.15) is 0 Å². The molecule has 0 amide bonds. The third-order valence-electron chi connectivity index (χ3n) is 3.95. The van der Waals surface area contributed by atoms with Crippen LogP contribution in [-0.4, -0.2) is 37.6 Å². The fourth-order valence-electron chi connectivity index (χ4n) is 2.13. The zero-order chi connectivity index (χ0) is 13.8. The van der Waals surface area contributed by atoms with E-state index in [-0.39, 0.29) is 5.54 Å². The van der Waals surface area contributed by atoms with Crippen molar-refractivity contribution in [2.24, 2.45) is 0 Å². The van der Waals surface area contributed by atoms with Crippen LogP contribution in [0, 0.1) is 13.8 Å². The van der Waals surface area contributed by atoms with Crippen molar-refractivity contribution in [2.75, 3.05) is 27.2 Å². The highest BCUT2D eigenvalue weighted by Crippen LogP contribution is 2.14. The number of rotatable bonds is 6. The summed E-state index contributed by atoms with van der Waals surface area (Å²) in [5.41, 5.74) is 4.41. The lowest BCUT2D eigenvalue weighted by atomic mass is 10.0. The maximum absolute atomic E-state index is 3.26. The van der Waals surface area contributed by atoms with Crippen LogP contribution in [0.1, 0.15) is 30.5 Å². The zero-order valence-corrected chi connectivity index (χ0v) is 12.8. The molecular formula is C16H28N2. The number of nitrogens with one attached hydrogen (secondary N) is 1. The number of hydrogen-bond acceptors (Lipinski definition) is 2. The molecule has 18 heavy (non-hydrogen) atoms. The minimum atomic E-state index is 0.203. The smallest absolute Gasteiger partial charge is 0.0274 e. The number of likely N-dealkylation sites (N-methyl/N-ethyl adjacent to an activating group) is 2. The molecule has 0 spiro atoms. The van der Waals surface area contributed by atoms with Crippen molar-refractivity contribution in [2.45, 2.75) is 39.7 Å². The third-order valence-corrected chi connectivity index (χ3v) is 3.95. The van der Waals surface area contributed by atoms with E-state index >= 15 is 0 Å². The van der Waals surface area contributed by atoms with Crippen molar-refractivity contribution in [1.29, 1.82) is 0 Å². The van der Waals surface area contributed by atoms with Gasteiger partial charge in [0, 0.05) is 18.6 Å². The van der Waals surface area contributed by atoms with Gasteiger partial charge >= 0.3 is 0 Å². The summed E-state index contributed by atoms with van der Waals surface area (Å²) in [5.74, 6) is 0. The van der Waals surface area contributed by atoms with Crippen LogP contribution in [0.5, 0.6) is 0 Å². The van der Waals surface area contributed by atoms with E-state index in [1.807, 2.05) is 7.05 Å². The summed E-state index contributed by atoms with van der Waals surface area (Å²) in [4.78, 5) is 2.43. The second kappa shape index (κ2) is 6.35. The van der Waals surface area contributed by atoms with Gasteiger partial charge in [0.05, 0.1) is 0 Å². The van der Waals surface area contributed by atoms with Crippen molar-refractivity contribution in [3.63, 3.8) is 0 Å². The van der Waals surface area contributed by atoms with Crippen LogP contribution in [-0.2, 0) is 6.42 Å². The molecule has 2 nitrogen and oxygen atoms in total. The average molecular weight is 248 g/mol. The van der Waals surface area contributed by atoms with Gasteiger partial charge in [-0.2, -0.15) is 0 Å². The number of benzene rings is 1. The molecule has 0 bridgehead atoms. The number of hydrogen-bond donors (Lipinski definition) is 1. The lowest BCUT2D eigenvalue weighted by Crippen LogP contribution is -2.48. The normalized spacial score (nSPS) is 12.2. The molecule has 0 atom stereocenters. The van der Waals surface area contributed by atoms with Gasteiger partial charge in [0.2, 0.25) is 0 Å². The molecule has 0 saturated carbocycles. The topological polar surface area (TPSA) is 15.3 Å². The van der Waals surface area contributed by atoms with Gasteiger partial charge in [0.15, 0.2) is 0 Å².